The Balaban J connectivity index is 3.08. The molecule has 0 saturated carbocycles. The maximum Gasteiger partial charge on any atom is 0.294 e. The van der Waals surface area contributed by atoms with Crippen molar-refractivity contribution in [2.75, 3.05) is 0 Å². The number of hydrogen-bond donors (Lipinski definition) is 2. The van der Waals surface area contributed by atoms with Crippen LogP contribution >= 0.6 is 0 Å². The number of nitrogens with zero attached hydrogens (tertiary/aromatic N) is 1. The molecular weight excluding hydrogens is 192 g/mol. The smallest absolute Gasteiger partial charge is 0.294 e. The monoisotopic (exact) mass is 200 g/mol. The SMILES string of the molecule is NN=Cc1ccc(S(=O)(=O)O)cc1. The first-order valence-electron chi connectivity index (χ1n) is 3.35. The zero-order chi connectivity index (χ0) is 9.90. The van der Waals surface area contributed by atoms with E-state index in [4.69, 9.17) is 10.4 Å². The topological polar surface area (TPSA) is 92.8 Å². The van der Waals surface area contributed by atoms with Crippen LogP contribution in [0.1, 0.15) is 5.56 Å². The summed E-state index contributed by atoms with van der Waals surface area (Å²) in [5, 5.41) is 3.26. The molecule has 0 aromatic heterocycles. The molecule has 1 rings (SSSR count). The van der Waals surface area contributed by atoms with Gasteiger partial charge >= 0.3 is 0 Å². The molecule has 0 radical (unpaired) electrons. The normalized spacial score (nSPS) is 12.1. The average molecular weight is 200 g/mol. The highest BCUT2D eigenvalue weighted by Gasteiger charge is 2.07. The molecule has 1 aromatic carbocycles. The summed E-state index contributed by atoms with van der Waals surface area (Å²) >= 11 is 0. The second-order valence-corrected chi connectivity index (χ2v) is 3.74. The van der Waals surface area contributed by atoms with E-state index in [1.54, 1.807) is 0 Å². The van der Waals surface area contributed by atoms with Crippen molar-refractivity contribution in [1.82, 2.24) is 0 Å². The van der Waals surface area contributed by atoms with Crippen molar-refractivity contribution in [3.63, 3.8) is 0 Å². The van der Waals surface area contributed by atoms with Gasteiger partial charge in [0.15, 0.2) is 0 Å². The predicted molar refractivity (Wildman–Crippen MR) is 48.0 cm³/mol. The molecule has 1 aromatic rings. The van der Waals surface area contributed by atoms with E-state index < -0.39 is 10.1 Å². The van der Waals surface area contributed by atoms with E-state index >= 15 is 0 Å². The van der Waals surface area contributed by atoms with E-state index in [9.17, 15) is 8.42 Å². The number of benzene rings is 1. The van der Waals surface area contributed by atoms with Gasteiger partial charge in [0, 0.05) is 0 Å². The Morgan fingerprint density at radius 3 is 2.23 bits per heavy atom. The van der Waals surface area contributed by atoms with Crippen LogP contribution in [0.2, 0.25) is 0 Å². The molecule has 0 unspecified atom stereocenters. The molecule has 6 heteroatoms. The quantitative estimate of drug-likeness (QED) is 0.309. The summed E-state index contributed by atoms with van der Waals surface area (Å²) in [7, 11) is -4.11. The van der Waals surface area contributed by atoms with Gasteiger partial charge in [0.1, 0.15) is 0 Å². The summed E-state index contributed by atoms with van der Waals surface area (Å²) in [4.78, 5) is -0.151. The van der Waals surface area contributed by atoms with Crippen LogP contribution in [0.4, 0.5) is 0 Å². The molecule has 0 heterocycles. The molecule has 0 aliphatic carbocycles. The molecular formula is C7H8N2O3S. The second-order valence-electron chi connectivity index (χ2n) is 2.32. The highest BCUT2D eigenvalue weighted by molar-refractivity contribution is 7.85. The minimum atomic E-state index is -4.11. The second kappa shape index (κ2) is 3.55. The van der Waals surface area contributed by atoms with Gasteiger partial charge in [-0.25, -0.2) is 0 Å². The average Bonchev–Trinajstić information content (AvgIpc) is 2.04. The van der Waals surface area contributed by atoms with E-state index in [1.165, 1.54) is 30.5 Å². The van der Waals surface area contributed by atoms with Crippen LogP contribution in [-0.4, -0.2) is 19.2 Å². The fourth-order valence-corrected chi connectivity index (χ4v) is 1.29. The molecule has 0 fully saturated rings. The van der Waals surface area contributed by atoms with Gasteiger partial charge in [0.05, 0.1) is 11.1 Å². The van der Waals surface area contributed by atoms with Crippen LogP contribution in [0.5, 0.6) is 0 Å². The molecule has 0 saturated heterocycles. The number of nitrogens with two attached hydrogens (primary N) is 1. The first-order chi connectivity index (χ1) is 6.04. The van der Waals surface area contributed by atoms with E-state index in [-0.39, 0.29) is 4.90 Å². The number of rotatable bonds is 2. The molecule has 0 amide bonds. The molecule has 0 aliphatic rings. The summed E-state index contributed by atoms with van der Waals surface area (Å²) in [5.41, 5.74) is 0.662. The van der Waals surface area contributed by atoms with Crippen molar-refractivity contribution < 1.29 is 13.0 Å². The van der Waals surface area contributed by atoms with Gasteiger partial charge in [0.2, 0.25) is 0 Å². The van der Waals surface area contributed by atoms with Crippen LogP contribution in [0.3, 0.4) is 0 Å². The fraction of sp³-hybridized carbons (Fsp3) is 0. The maximum atomic E-state index is 10.6. The summed E-state index contributed by atoms with van der Waals surface area (Å²) < 4.78 is 29.8. The lowest BCUT2D eigenvalue weighted by molar-refractivity contribution is 0.483. The molecule has 0 aliphatic heterocycles. The van der Waals surface area contributed by atoms with Crippen molar-refractivity contribution in [3.8, 4) is 0 Å². The standard InChI is InChI=1S/C7H8N2O3S/c8-9-5-6-1-3-7(4-2-6)13(10,11)12/h1-5H,8H2,(H,10,11,12). The Morgan fingerprint density at radius 2 is 1.85 bits per heavy atom. The summed E-state index contributed by atoms with van der Waals surface area (Å²) in [6.45, 7) is 0. The Labute approximate surface area is 75.6 Å². The van der Waals surface area contributed by atoms with E-state index in [2.05, 4.69) is 5.10 Å². The summed E-state index contributed by atoms with van der Waals surface area (Å²) in [6, 6.07) is 5.51. The van der Waals surface area contributed by atoms with Crippen LogP contribution in [0, 0.1) is 0 Å². The van der Waals surface area contributed by atoms with Gasteiger partial charge in [-0.15, -0.1) is 0 Å². The summed E-state index contributed by atoms with van der Waals surface area (Å²) in [6.07, 6.45) is 1.37. The van der Waals surface area contributed by atoms with Crippen LogP contribution in [0.25, 0.3) is 0 Å². The molecule has 0 bridgehead atoms. The minimum Gasteiger partial charge on any atom is -0.323 e. The highest BCUT2D eigenvalue weighted by atomic mass is 32.2. The fourth-order valence-electron chi connectivity index (χ4n) is 0.812. The van der Waals surface area contributed by atoms with E-state index in [0.717, 1.165) is 0 Å². The first kappa shape index (κ1) is 9.69. The molecule has 70 valence electrons. The number of hydrazone groups is 1. The van der Waals surface area contributed by atoms with Crippen LogP contribution in [0.15, 0.2) is 34.3 Å². The lowest BCUT2D eigenvalue weighted by atomic mass is 10.2. The largest absolute Gasteiger partial charge is 0.323 e. The van der Waals surface area contributed by atoms with E-state index in [0.29, 0.717) is 5.56 Å². The lowest BCUT2D eigenvalue weighted by Crippen LogP contribution is -1.97. The Kier molecular flexibility index (Phi) is 2.64. The van der Waals surface area contributed by atoms with Crippen molar-refractivity contribution in [2.24, 2.45) is 10.9 Å². The molecule has 0 spiro atoms. The van der Waals surface area contributed by atoms with Crippen molar-refractivity contribution in [1.29, 1.82) is 0 Å². The van der Waals surface area contributed by atoms with E-state index in [1.807, 2.05) is 0 Å². The Morgan fingerprint density at radius 1 is 1.31 bits per heavy atom. The minimum absolute atomic E-state index is 0.151. The highest BCUT2D eigenvalue weighted by Crippen LogP contribution is 2.08. The first-order valence-corrected chi connectivity index (χ1v) is 4.79. The van der Waals surface area contributed by atoms with Gasteiger partial charge in [-0.05, 0) is 17.7 Å². The van der Waals surface area contributed by atoms with Gasteiger partial charge in [-0.3, -0.25) is 4.55 Å². The van der Waals surface area contributed by atoms with Gasteiger partial charge in [0.25, 0.3) is 10.1 Å². The van der Waals surface area contributed by atoms with Gasteiger partial charge < -0.3 is 5.84 Å². The maximum absolute atomic E-state index is 10.6. The lowest BCUT2D eigenvalue weighted by Gasteiger charge is -1.96. The van der Waals surface area contributed by atoms with Crippen molar-refractivity contribution >= 4 is 16.3 Å². The van der Waals surface area contributed by atoms with Gasteiger partial charge in [-0.1, -0.05) is 12.1 Å². The van der Waals surface area contributed by atoms with Crippen LogP contribution < -0.4 is 5.84 Å². The molecule has 3 N–H and O–H groups in total. The zero-order valence-corrected chi connectivity index (χ0v) is 7.40. The third-order valence-electron chi connectivity index (χ3n) is 1.40. The zero-order valence-electron chi connectivity index (χ0n) is 6.58. The Hall–Kier alpha value is -1.40. The predicted octanol–water partition coefficient (Wildman–Crippen LogP) is 0.226. The third-order valence-corrected chi connectivity index (χ3v) is 2.27. The molecule has 0 atom stereocenters. The molecule has 13 heavy (non-hydrogen) atoms. The Bertz CT molecular complexity index is 408. The van der Waals surface area contributed by atoms with Crippen molar-refractivity contribution in [2.45, 2.75) is 4.90 Å². The number of hydrogen-bond acceptors (Lipinski definition) is 4. The summed E-state index contributed by atoms with van der Waals surface area (Å²) in [5.74, 6) is 4.89. The molecule has 5 nitrogen and oxygen atoms in total. The van der Waals surface area contributed by atoms with Crippen molar-refractivity contribution in [3.05, 3.63) is 29.8 Å². The van der Waals surface area contributed by atoms with Gasteiger partial charge in [-0.2, -0.15) is 13.5 Å². The van der Waals surface area contributed by atoms with Crippen LogP contribution in [-0.2, 0) is 10.1 Å². The third kappa shape index (κ3) is 2.53.